The third-order valence-corrected chi connectivity index (χ3v) is 14.3. The molecule has 0 N–H and O–H groups in total. The standard InChI is InChI=1S/C60H41N/c1-59(2)56-35-39(52-34-38-16-6-7-19-43(38)44-20-8-9-21-45(44)52)28-31-49(56)50-32-29-41(36-57(50)59)61(40-17-4-3-5-18-40)42-30-33-51-48-24-12-15-27-55(48)60(58(51)37-42)53-25-13-10-22-46(53)47-23-11-14-26-54(47)60/h3-37H,1-2H3. The number of benzene rings is 10. The van der Waals surface area contributed by atoms with Crippen LogP contribution in [0.15, 0.2) is 212 Å². The van der Waals surface area contributed by atoms with Crippen LogP contribution in [0.2, 0.25) is 0 Å². The fraction of sp³-hybridized carbons (Fsp3) is 0.0667. The van der Waals surface area contributed by atoms with Gasteiger partial charge in [-0.3, -0.25) is 0 Å². The van der Waals surface area contributed by atoms with E-state index in [2.05, 4.69) is 231 Å². The summed E-state index contributed by atoms with van der Waals surface area (Å²) in [5, 5.41) is 5.16. The summed E-state index contributed by atoms with van der Waals surface area (Å²) < 4.78 is 0. The maximum absolute atomic E-state index is 2.49. The largest absolute Gasteiger partial charge is 0.310 e. The fourth-order valence-corrected chi connectivity index (χ4v) is 11.6. The molecule has 10 aromatic rings. The normalized spacial score (nSPS) is 14.3. The molecule has 0 fully saturated rings. The van der Waals surface area contributed by atoms with Gasteiger partial charge < -0.3 is 4.90 Å². The number of hydrogen-bond donors (Lipinski definition) is 0. The quantitative estimate of drug-likeness (QED) is 0.161. The van der Waals surface area contributed by atoms with Crippen LogP contribution in [0.3, 0.4) is 0 Å². The van der Waals surface area contributed by atoms with Gasteiger partial charge in [-0.15, -0.1) is 0 Å². The Morgan fingerprint density at radius 1 is 0.295 bits per heavy atom. The topological polar surface area (TPSA) is 3.24 Å². The van der Waals surface area contributed by atoms with Crippen molar-refractivity contribution in [3.8, 4) is 44.5 Å². The number of hydrogen-bond acceptors (Lipinski definition) is 1. The Morgan fingerprint density at radius 2 is 0.754 bits per heavy atom. The van der Waals surface area contributed by atoms with Crippen molar-refractivity contribution < 1.29 is 0 Å². The monoisotopic (exact) mass is 775 g/mol. The minimum absolute atomic E-state index is 0.216. The van der Waals surface area contributed by atoms with Crippen LogP contribution in [-0.2, 0) is 10.8 Å². The van der Waals surface area contributed by atoms with E-state index in [0.29, 0.717) is 0 Å². The average molecular weight is 776 g/mol. The molecule has 0 saturated heterocycles. The van der Waals surface area contributed by atoms with Crippen molar-refractivity contribution in [1.29, 1.82) is 0 Å². The van der Waals surface area contributed by atoms with Gasteiger partial charge in [-0.05, 0) is 148 Å². The van der Waals surface area contributed by atoms with Gasteiger partial charge in [0.2, 0.25) is 0 Å². The summed E-state index contributed by atoms with van der Waals surface area (Å²) in [6.07, 6.45) is 0. The van der Waals surface area contributed by atoms with Crippen molar-refractivity contribution >= 4 is 38.6 Å². The molecular formula is C60H41N. The van der Waals surface area contributed by atoms with Crippen LogP contribution in [0.5, 0.6) is 0 Å². The molecule has 1 heteroatoms. The Bertz CT molecular complexity index is 3400. The molecule has 0 heterocycles. The van der Waals surface area contributed by atoms with Crippen LogP contribution in [0.4, 0.5) is 17.1 Å². The maximum atomic E-state index is 2.49. The number of rotatable bonds is 4. The van der Waals surface area contributed by atoms with E-state index in [1.165, 1.54) is 99.4 Å². The molecule has 286 valence electrons. The Hall–Kier alpha value is -7.48. The van der Waals surface area contributed by atoms with E-state index < -0.39 is 5.41 Å². The SMILES string of the molecule is CC1(C)c2cc(-c3cc4ccccc4c4ccccc34)ccc2-c2ccc(N(c3ccccc3)c3ccc4c(c3)C3(c5ccccc5-c5ccccc53)c3ccccc3-4)cc21. The molecule has 10 aromatic carbocycles. The molecule has 3 aliphatic rings. The first-order valence-corrected chi connectivity index (χ1v) is 21.5. The molecule has 0 radical (unpaired) electrons. The van der Waals surface area contributed by atoms with Gasteiger partial charge in [0.15, 0.2) is 0 Å². The summed E-state index contributed by atoms with van der Waals surface area (Å²) in [7, 11) is 0. The highest BCUT2D eigenvalue weighted by Crippen LogP contribution is 2.63. The average Bonchev–Trinajstić information content (AvgIpc) is 3.87. The van der Waals surface area contributed by atoms with Gasteiger partial charge in [-0.25, -0.2) is 0 Å². The molecule has 0 atom stereocenters. The second-order valence-electron chi connectivity index (χ2n) is 17.6. The van der Waals surface area contributed by atoms with Crippen LogP contribution in [-0.4, -0.2) is 0 Å². The van der Waals surface area contributed by atoms with Gasteiger partial charge >= 0.3 is 0 Å². The summed E-state index contributed by atoms with van der Waals surface area (Å²) in [4.78, 5) is 2.47. The lowest BCUT2D eigenvalue weighted by Gasteiger charge is -2.32. The second-order valence-corrected chi connectivity index (χ2v) is 17.6. The summed E-state index contributed by atoms with van der Waals surface area (Å²) in [6, 6.07) is 79.7. The van der Waals surface area contributed by atoms with Crippen molar-refractivity contribution in [1.82, 2.24) is 0 Å². The fourth-order valence-electron chi connectivity index (χ4n) is 11.6. The van der Waals surface area contributed by atoms with Crippen molar-refractivity contribution in [2.24, 2.45) is 0 Å². The summed E-state index contributed by atoms with van der Waals surface area (Å²) in [5.41, 5.74) is 21.4. The first-order chi connectivity index (χ1) is 30.0. The van der Waals surface area contributed by atoms with E-state index >= 15 is 0 Å². The molecule has 3 aliphatic carbocycles. The van der Waals surface area contributed by atoms with Gasteiger partial charge in [0.1, 0.15) is 0 Å². The van der Waals surface area contributed by atoms with Gasteiger partial charge in [0, 0.05) is 22.5 Å². The minimum atomic E-state index is -0.410. The highest BCUT2D eigenvalue weighted by Gasteiger charge is 2.51. The zero-order valence-electron chi connectivity index (χ0n) is 34.2. The van der Waals surface area contributed by atoms with Crippen molar-refractivity contribution in [3.63, 3.8) is 0 Å². The third kappa shape index (κ3) is 4.61. The van der Waals surface area contributed by atoms with E-state index in [4.69, 9.17) is 0 Å². The number of anilines is 3. The molecule has 0 amide bonds. The molecule has 0 aromatic heterocycles. The molecule has 1 spiro atoms. The first-order valence-electron chi connectivity index (χ1n) is 21.5. The Morgan fingerprint density at radius 3 is 1.39 bits per heavy atom. The molecular weight excluding hydrogens is 735 g/mol. The second kappa shape index (κ2) is 12.5. The zero-order chi connectivity index (χ0) is 40.5. The Labute approximate surface area is 356 Å². The molecule has 0 unspecified atom stereocenters. The van der Waals surface area contributed by atoms with Crippen LogP contribution in [0.1, 0.15) is 47.2 Å². The lowest BCUT2D eigenvalue weighted by atomic mass is 9.70. The Kier molecular flexibility index (Phi) is 7.06. The van der Waals surface area contributed by atoms with Gasteiger partial charge in [0.05, 0.1) is 5.41 Å². The Balaban J connectivity index is 0.974. The van der Waals surface area contributed by atoms with Crippen LogP contribution < -0.4 is 4.90 Å². The van der Waals surface area contributed by atoms with E-state index in [1.54, 1.807) is 0 Å². The summed E-state index contributed by atoms with van der Waals surface area (Å²) in [6.45, 7) is 4.81. The highest BCUT2D eigenvalue weighted by atomic mass is 15.1. The van der Waals surface area contributed by atoms with Crippen molar-refractivity contribution in [2.75, 3.05) is 4.90 Å². The molecule has 0 bridgehead atoms. The third-order valence-electron chi connectivity index (χ3n) is 14.3. The number of para-hydroxylation sites is 1. The summed E-state index contributed by atoms with van der Waals surface area (Å²) >= 11 is 0. The molecule has 13 rings (SSSR count). The van der Waals surface area contributed by atoms with Crippen LogP contribution in [0, 0.1) is 0 Å². The van der Waals surface area contributed by atoms with E-state index in [0.717, 1.165) is 17.1 Å². The van der Waals surface area contributed by atoms with Crippen molar-refractivity contribution in [2.45, 2.75) is 24.7 Å². The van der Waals surface area contributed by atoms with Gasteiger partial charge in [-0.2, -0.15) is 0 Å². The maximum Gasteiger partial charge on any atom is 0.0726 e. The summed E-state index contributed by atoms with van der Waals surface area (Å²) in [5.74, 6) is 0. The lowest BCUT2D eigenvalue weighted by molar-refractivity contribution is 0.660. The van der Waals surface area contributed by atoms with Crippen LogP contribution >= 0.6 is 0 Å². The number of nitrogens with zero attached hydrogens (tertiary/aromatic N) is 1. The predicted molar refractivity (Wildman–Crippen MR) is 255 cm³/mol. The van der Waals surface area contributed by atoms with E-state index in [9.17, 15) is 0 Å². The van der Waals surface area contributed by atoms with Crippen LogP contribution in [0.25, 0.3) is 66.1 Å². The zero-order valence-corrected chi connectivity index (χ0v) is 34.2. The smallest absolute Gasteiger partial charge is 0.0726 e. The molecule has 61 heavy (non-hydrogen) atoms. The highest BCUT2D eigenvalue weighted by molar-refractivity contribution is 6.14. The molecule has 1 nitrogen and oxygen atoms in total. The minimum Gasteiger partial charge on any atom is -0.310 e. The van der Waals surface area contributed by atoms with Gasteiger partial charge in [-0.1, -0.05) is 178 Å². The van der Waals surface area contributed by atoms with Gasteiger partial charge in [0.25, 0.3) is 0 Å². The first kappa shape index (κ1) is 34.4. The lowest BCUT2D eigenvalue weighted by Crippen LogP contribution is -2.26. The van der Waals surface area contributed by atoms with E-state index in [1.807, 2.05) is 0 Å². The molecule has 0 aliphatic heterocycles. The molecule has 0 saturated carbocycles. The van der Waals surface area contributed by atoms with Crippen molar-refractivity contribution in [3.05, 3.63) is 246 Å². The number of fused-ring (bicyclic) bond motifs is 16. The van der Waals surface area contributed by atoms with E-state index in [-0.39, 0.29) is 5.41 Å². The predicted octanol–water partition coefficient (Wildman–Crippen LogP) is 15.8.